The van der Waals surface area contributed by atoms with Crippen molar-refractivity contribution >= 4 is 38.6 Å². The van der Waals surface area contributed by atoms with Crippen molar-refractivity contribution in [2.24, 2.45) is 0 Å². The van der Waals surface area contributed by atoms with Crippen LogP contribution in [-0.2, 0) is 10.0 Å². The fourth-order valence-corrected chi connectivity index (χ4v) is 4.63. The average Bonchev–Trinajstić information content (AvgIpc) is 3.00. The van der Waals surface area contributed by atoms with Crippen molar-refractivity contribution in [3.63, 3.8) is 0 Å². The number of nitrogens with zero attached hydrogens (tertiary/aromatic N) is 1. The molecule has 3 aromatic rings. The van der Waals surface area contributed by atoms with Crippen molar-refractivity contribution < 1.29 is 8.42 Å². The van der Waals surface area contributed by atoms with Gasteiger partial charge in [-0.2, -0.15) is 0 Å². The van der Waals surface area contributed by atoms with Crippen LogP contribution < -0.4 is 10.0 Å². The second kappa shape index (κ2) is 6.85. The molecule has 130 valence electrons. The first-order valence-electron chi connectivity index (χ1n) is 7.73. The van der Waals surface area contributed by atoms with Crippen LogP contribution in [0.2, 0.25) is 0 Å². The lowest BCUT2D eigenvalue weighted by Gasteiger charge is -2.11. The Labute approximate surface area is 151 Å². The Morgan fingerprint density at radius 1 is 1.00 bits per heavy atom. The van der Waals surface area contributed by atoms with Crippen LogP contribution in [0.1, 0.15) is 16.0 Å². The van der Waals surface area contributed by atoms with Gasteiger partial charge in [0.25, 0.3) is 10.0 Å². The van der Waals surface area contributed by atoms with Crippen LogP contribution in [0.3, 0.4) is 0 Å². The fourth-order valence-electron chi connectivity index (χ4n) is 2.30. The summed E-state index contributed by atoms with van der Waals surface area (Å²) in [5.41, 5.74) is 3.68. The third kappa shape index (κ3) is 4.18. The molecule has 0 saturated carbocycles. The second-order valence-corrected chi connectivity index (χ2v) is 9.04. The van der Waals surface area contributed by atoms with Gasteiger partial charge in [0.05, 0.1) is 11.9 Å². The van der Waals surface area contributed by atoms with E-state index in [4.69, 9.17) is 0 Å². The molecule has 0 bridgehead atoms. The molecule has 1 aromatic carbocycles. The van der Waals surface area contributed by atoms with Crippen LogP contribution in [0.4, 0.5) is 17.2 Å². The molecule has 25 heavy (non-hydrogen) atoms. The van der Waals surface area contributed by atoms with Gasteiger partial charge in [0.1, 0.15) is 10.0 Å². The van der Waals surface area contributed by atoms with Crippen molar-refractivity contribution in [2.45, 2.75) is 25.0 Å². The van der Waals surface area contributed by atoms with Gasteiger partial charge in [0.15, 0.2) is 0 Å². The molecule has 0 aliphatic heterocycles. The predicted molar refractivity (Wildman–Crippen MR) is 103 cm³/mol. The maximum atomic E-state index is 12.3. The van der Waals surface area contributed by atoms with Crippen LogP contribution in [0.25, 0.3) is 0 Å². The van der Waals surface area contributed by atoms with Crippen LogP contribution in [0.15, 0.2) is 52.9 Å². The fraction of sp³-hybridized carbons (Fsp3) is 0.167. The smallest absolute Gasteiger partial charge is 0.271 e. The summed E-state index contributed by atoms with van der Waals surface area (Å²) in [6.45, 7) is 5.93. The largest absolute Gasteiger partial charge is 0.340 e. The third-order valence-corrected chi connectivity index (χ3v) is 6.53. The minimum absolute atomic E-state index is 0.294. The lowest BCUT2D eigenvalue weighted by atomic mass is 10.1. The first kappa shape index (κ1) is 17.4. The molecule has 0 saturated heterocycles. The minimum Gasteiger partial charge on any atom is -0.340 e. The van der Waals surface area contributed by atoms with E-state index in [0.717, 1.165) is 21.7 Å². The Hall–Kier alpha value is -2.38. The summed E-state index contributed by atoms with van der Waals surface area (Å²) in [6.07, 6.45) is 1.51. The van der Waals surface area contributed by atoms with E-state index in [1.807, 2.05) is 32.9 Å². The number of rotatable bonds is 5. The molecule has 0 spiro atoms. The highest BCUT2D eigenvalue weighted by atomic mass is 32.2. The average molecular weight is 374 g/mol. The zero-order valence-corrected chi connectivity index (χ0v) is 15.8. The van der Waals surface area contributed by atoms with E-state index in [1.165, 1.54) is 17.5 Å². The predicted octanol–water partition coefficient (Wildman–Crippen LogP) is 4.61. The van der Waals surface area contributed by atoms with Crippen LogP contribution in [0, 0.1) is 20.8 Å². The number of pyridine rings is 1. The van der Waals surface area contributed by atoms with Gasteiger partial charge in [-0.3, -0.25) is 4.72 Å². The molecule has 5 nitrogen and oxygen atoms in total. The molecular formula is C18H19N3O2S2. The zero-order chi connectivity index (χ0) is 18.0. The zero-order valence-electron chi connectivity index (χ0n) is 14.2. The molecule has 2 heterocycles. The van der Waals surface area contributed by atoms with E-state index < -0.39 is 10.0 Å². The first-order chi connectivity index (χ1) is 11.8. The lowest BCUT2D eigenvalue weighted by Crippen LogP contribution is -2.11. The van der Waals surface area contributed by atoms with Crippen LogP contribution in [-0.4, -0.2) is 13.4 Å². The number of thiophene rings is 1. The van der Waals surface area contributed by atoms with Gasteiger partial charge in [0, 0.05) is 10.6 Å². The van der Waals surface area contributed by atoms with E-state index in [9.17, 15) is 8.42 Å². The van der Waals surface area contributed by atoms with Crippen molar-refractivity contribution in [2.75, 3.05) is 10.0 Å². The number of anilines is 3. The van der Waals surface area contributed by atoms with Gasteiger partial charge in [-0.15, -0.1) is 11.3 Å². The SMILES string of the molecule is Cc1ccc(C)c(Nc2ccc(NS(=O)(=O)c3ccc(C)s3)cn2)c1. The number of hydrogen-bond acceptors (Lipinski definition) is 5. The standard InChI is InChI=1S/C18H19N3O2S2/c1-12-4-5-13(2)16(10-12)20-17-8-7-15(11-19-17)21-25(22,23)18-9-6-14(3)24-18/h4-11,21H,1-3H3,(H,19,20). The van der Waals surface area contributed by atoms with E-state index in [-0.39, 0.29) is 0 Å². The number of hydrogen-bond donors (Lipinski definition) is 2. The van der Waals surface area contributed by atoms with Gasteiger partial charge >= 0.3 is 0 Å². The summed E-state index contributed by atoms with van der Waals surface area (Å²) >= 11 is 1.24. The molecule has 0 fully saturated rings. The molecule has 0 amide bonds. The topological polar surface area (TPSA) is 71.1 Å². The van der Waals surface area contributed by atoms with E-state index in [1.54, 1.807) is 24.3 Å². The van der Waals surface area contributed by atoms with Gasteiger partial charge < -0.3 is 5.32 Å². The van der Waals surface area contributed by atoms with E-state index in [0.29, 0.717) is 15.7 Å². The van der Waals surface area contributed by atoms with E-state index >= 15 is 0 Å². The Balaban J connectivity index is 1.75. The number of aryl methyl sites for hydroxylation is 3. The Morgan fingerprint density at radius 3 is 2.44 bits per heavy atom. The molecule has 0 aliphatic rings. The second-order valence-electron chi connectivity index (χ2n) is 5.85. The summed E-state index contributed by atoms with van der Waals surface area (Å²) in [5, 5.41) is 3.25. The molecule has 0 atom stereocenters. The number of sulfonamides is 1. The highest BCUT2D eigenvalue weighted by Crippen LogP contribution is 2.24. The maximum Gasteiger partial charge on any atom is 0.271 e. The number of benzene rings is 1. The summed E-state index contributed by atoms with van der Waals surface area (Å²) in [4.78, 5) is 5.24. The molecule has 2 N–H and O–H groups in total. The maximum absolute atomic E-state index is 12.3. The van der Waals surface area contributed by atoms with Gasteiger partial charge in [-0.05, 0) is 62.2 Å². The van der Waals surface area contributed by atoms with Crippen molar-refractivity contribution in [3.05, 3.63) is 64.7 Å². The highest BCUT2D eigenvalue weighted by molar-refractivity contribution is 7.94. The summed E-state index contributed by atoms with van der Waals surface area (Å²) in [6, 6.07) is 13.0. The van der Waals surface area contributed by atoms with Crippen LogP contribution >= 0.6 is 11.3 Å². The number of aromatic nitrogens is 1. The highest BCUT2D eigenvalue weighted by Gasteiger charge is 2.16. The lowest BCUT2D eigenvalue weighted by molar-refractivity contribution is 0.603. The van der Waals surface area contributed by atoms with Gasteiger partial charge in [-0.25, -0.2) is 13.4 Å². The Bertz CT molecular complexity index is 993. The van der Waals surface area contributed by atoms with E-state index in [2.05, 4.69) is 21.1 Å². The van der Waals surface area contributed by atoms with Gasteiger partial charge in [0.2, 0.25) is 0 Å². The first-order valence-corrected chi connectivity index (χ1v) is 10.0. The summed E-state index contributed by atoms with van der Waals surface area (Å²) < 4.78 is 27.5. The molecule has 0 aliphatic carbocycles. The molecule has 0 radical (unpaired) electrons. The summed E-state index contributed by atoms with van der Waals surface area (Å²) in [5.74, 6) is 0.656. The Kier molecular flexibility index (Phi) is 4.78. The molecule has 0 unspecified atom stereocenters. The Morgan fingerprint density at radius 2 is 1.80 bits per heavy atom. The summed E-state index contributed by atoms with van der Waals surface area (Å²) in [7, 11) is -3.57. The van der Waals surface area contributed by atoms with Crippen molar-refractivity contribution in [3.8, 4) is 0 Å². The molecular weight excluding hydrogens is 354 g/mol. The van der Waals surface area contributed by atoms with Gasteiger partial charge in [-0.1, -0.05) is 12.1 Å². The molecule has 7 heteroatoms. The molecule has 3 rings (SSSR count). The minimum atomic E-state index is -3.57. The normalized spacial score (nSPS) is 11.3. The van der Waals surface area contributed by atoms with Crippen LogP contribution in [0.5, 0.6) is 0 Å². The van der Waals surface area contributed by atoms with Crippen molar-refractivity contribution in [1.82, 2.24) is 4.98 Å². The quantitative estimate of drug-likeness (QED) is 0.685. The third-order valence-electron chi connectivity index (χ3n) is 3.65. The number of nitrogens with one attached hydrogen (secondary N) is 2. The van der Waals surface area contributed by atoms with Crippen molar-refractivity contribution in [1.29, 1.82) is 0 Å². The molecule has 2 aromatic heterocycles. The monoisotopic (exact) mass is 373 g/mol.